The number of thiophene rings is 1. The summed E-state index contributed by atoms with van der Waals surface area (Å²) in [7, 11) is 0. The summed E-state index contributed by atoms with van der Waals surface area (Å²) >= 11 is 1.15. The molecule has 0 fully saturated rings. The fourth-order valence-electron chi connectivity index (χ4n) is 3.09. The van der Waals surface area contributed by atoms with E-state index in [2.05, 4.69) is 44.5 Å². The summed E-state index contributed by atoms with van der Waals surface area (Å²) in [5.74, 6) is 0.0585. The van der Waals surface area contributed by atoms with Crippen LogP contribution < -0.4 is 10.1 Å². The molecule has 0 bridgehead atoms. The lowest BCUT2D eigenvalue weighted by molar-refractivity contribution is 0.0698. The zero-order valence-corrected chi connectivity index (χ0v) is 16.6. The number of H-pyrrole nitrogens is 1. The maximum atomic E-state index is 11.4. The van der Waals surface area contributed by atoms with Gasteiger partial charge in [-0.15, -0.1) is 11.3 Å². The smallest absolute Gasteiger partial charge is 0.349 e. The number of nitrogens with one attached hydrogen (secondary N) is 2. The van der Waals surface area contributed by atoms with Crippen LogP contribution in [0, 0.1) is 0 Å². The normalized spacial score (nSPS) is 10.9. The van der Waals surface area contributed by atoms with Crippen LogP contribution in [0.2, 0.25) is 0 Å². The molecule has 148 valence electrons. The third-order valence-electron chi connectivity index (χ3n) is 4.45. The van der Waals surface area contributed by atoms with Gasteiger partial charge in [0.1, 0.15) is 17.9 Å². The van der Waals surface area contributed by atoms with Crippen LogP contribution in [0.1, 0.15) is 22.2 Å². The number of hydrogen-bond acceptors (Lipinski definition) is 6. The van der Waals surface area contributed by atoms with Gasteiger partial charge < -0.3 is 20.1 Å². The molecule has 29 heavy (non-hydrogen) atoms. The molecule has 4 rings (SSSR count). The minimum absolute atomic E-state index is 0.176. The van der Waals surface area contributed by atoms with Crippen LogP contribution in [0.3, 0.4) is 0 Å². The van der Waals surface area contributed by atoms with Crippen molar-refractivity contribution in [2.75, 3.05) is 18.5 Å². The Labute approximate surface area is 171 Å². The number of benzene rings is 1. The number of aromatic amines is 1. The van der Waals surface area contributed by atoms with E-state index >= 15 is 0 Å². The van der Waals surface area contributed by atoms with Gasteiger partial charge >= 0.3 is 5.97 Å². The number of anilines is 1. The lowest BCUT2D eigenvalue weighted by Crippen LogP contribution is -2.06. The number of carbonyl (C=O) groups is 1. The maximum Gasteiger partial charge on any atom is 0.349 e. The van der Waals surface area contributed by atoms with Crippen LogP contribution >= 0.6 is 11.3 Å². The summed E-state index contributed by atoms with van der Waals surface area (Å²) in [6.45, 7) is 2.95. The molecular formula is C21H20N4O3S. The zero-order valence-electron chi connectivity index (χ0n) is 15.8. The SMILES string of the molecule is CCOc1cc(-c2cc(NCCc3ccc4cc[nH]c4c3)ncn2)sc1C(=O)O. The topological polar surface area (TPSA) is 100 Å². The Kier molecular flexibility index (Phi) is 5.44. The molecule has 3 N–H and O–H groups in total. The number of carboxylic acids is 1. The number of rotatable bonds is 8. The summed E-state index contributed by atoms with van der Waals surface area (Å²) in [4.78, 5) is 24.1. The van der Waals surface area contributed by atoms with Crippen molar-refractivity contribution in [1.82, 2.24) is 15.0 Å². The molecule has 3 heterocycles. The predicted molar refractivity (Wildman–Crippen MR) is 114 cm³/mol. The molecule has 0 aliphatic carbocycles. The van der Waals surface area contributed by atoms with E-state index in [1.165, 1.54) is 17.3 Å². The van der Waals surface area contributed by atoms with Crippen molar-refractivity contribution in [3.05, 3.63) is 59.4 Å². The molecule has 0 aliphatic heterocycles. The summed E-state index contributed by atoms with van der Waals surface area (Å²) < 4.78 is 5.44. The molecule has 7 nitrogen and oxygen atoms in total. The number of hydrogen-bond donors (Lipinski definition) is 3. The first-order chi connectivity index (χ1) is 14.1. The Balaban J connectivity index is 1.45. The van der Waals surface area contributed by atoms with E-state index in [1.807, 2.05) is 19.2 Å². The number of fused-ring (bicyclic) bond motifs is 1. The molecule has 0 saturated carbocycles. The highest BCUT2D eigenvalue weighted by Crippen LogP contribution is 2.36. The van der Waals surface area contributed by atoms with Gasteiger partial charge in [0, 0.05) is 30.4 Å². The first kappa shape index (κ1) is 18.9. The number of aromatic nitrogens is 3. The van der Waals surface area contributed by atoms with Crippen molar-refractivity contribution in [2.45, 2.75) is 13.3 Å². The molecule has 8 heteroatoms. The first-order valence-electron chi connectivity index (χ1n) is 9.26. The third kappa shape index (κ3) is 4.22. The highest BCUT2D eigenvalue weighted by atomic mass is 32.1. The maximum absolute atomic E-state index is 11.4. The summed E-state index contributed by atoms with van der Waals surface area (Å²) in [6, 6.07) is 12.0. The van der Waals surface area contributed by atoms with Crippen LogP contribution in [0.25, 0.3) is 21.5 Å². The summed E-state index contributed by atoms with van der Waals surface area (Å²) in [5, 5.41) is 13.9. The van der Waals surface area contributed by atoms with Crippen molar-refractivity contribution in [2.24, 2.45) is 0 Å². The van der Waals surface area contributed by atoms with Gasteiger partial charge in [-0.2, -0.15) is 0 Å². The van der Waals surface area contributed by atoms with E-state index in [0.29, 0.717) is 23.9 Å². The lowest BCUT2D eigenvalue weighted by atomic mass is 10.1. The first-order valence-corrected chi connectivity index (χ1v) is 10.1. The van der Waals surface area contributed by atoms with Gasteiger partial charge in [-0.3, -0.25) is 0 Å². The van der Waals surface area contributed by atoms with E-state index in [-0.39, 0.29) is 4.88 Å². The predicted octanol–water partition coefficient (Wildman–Crippen LogP) is 4.44. The third-order valence-corrected chi connectivity index (χ3v) is 5.58. The van der Waals surface area contributed by atoms with Crippen molar-refractivity contribution in [3.8, 4) is 16.3 Å². The quantitative estimate of drug-likeness (QED) is 0.399. The number of carboxylic acid groups (broad SMARTS) is 1. The zero-order chi connectivity index (χ0) is 20.2. The Morgan fingerprint density at radius 1 is 1.24 bits per heavy atom. The van der Waals surface area contributed by atoms with E-state index in [9.17, 15) is 9.90 Å². The van der Waals surface area contributed by atoms with Crippen LogP contribution in [0.4, 0.5) is 5.82 Å². The van der Waals surface area contributed by atoms with E-state index in [4.69, 9.17) is 4.74 Å². The van der Waals surface area contributed by atoms with Gasteiger partial charge in [0.2, 0.25) is 0 Å². The van der Waals surface area contributed by atoms with Gasteiger partial charge in [0.05, 0.1) is 17.2 Å². The Bertz CT molecular complexity index is 1150. The van der Waals surface area contributed by atoms with Crippen LogP contribution in [-0.4, -0.2) is 39.2 Å². The second kappa shape index (κ2) is 8.32. The Hall–Kier alpha value is -3.39. The monoisotopic (exact) mass is 408 g/mol. The highest BCUT2D eigenvalue weighted by molar-refractivity contribution is 7.17. The average molecular weight is 408 g/mol. The highest BCUT2D eigenvalue weighted by Gasteiger charge is 2.18. The lowest BCUT2D eigenvalue weighted by Gasteiger charge is -2.07. The molecule has 0 spiro atoms. The van der Waals surface area contributed by atoms with Gasteiger partial charge in [-0.05, 0) is 36.4 Å². The van der Waals surface area contributed by atoms with Crippen molar-refractivity contribution in [3.63, 3.8) is 0 Å². The molecule has 0 aliphatic rings. The molecule has 0 saturated heterocycles. The van der Waals surface area contributed by atoms with E-state index in [0.717, 1.165) is 34.7 Å². The second-order valence-corrected chi connectivity index (χ2v) is 7.46. The number of ether oxygens (including phenoxy) is 1. The Morgan fingerprint density at radius 2 is 2.14 bits per heavy atom. The largest absolute Gasteiger partial charge is 0.492 e. The van der Waals surface area contributed by atoms with Crippen molar-refractivity contribution < 1.29 is 14.6 Å². The number of aromatic carboxylic acids is 1. The molecule has 1 aromatic carbocycles. The summed E-state index contributed by atoms with van der Waals surface area (Å²) in [5.41, 5.74) is 3.02. The van der Waals surface area contributed by atoms with Crippen molar-refractivity contribution >= 4 is 34.0 Å². The molecule has 0 amide bonds. The van der Waals surface area contributed by atoms with Crippen LogP contribution in [-0.2, 0) is 6.42 Å². The minimum Gasteiger partial charge on any atom is -0.492 e. The molecule has 0 atom stereocenters. The van der Waals surface area contributed by atoms with Gasteiger partial charge in [0.15, 0.2) is 4.88 Å². The van der Waals surface area contributed by atoms with Gasteiger partial charge in [-0.25, -0.2) is 14.8 Å². The van der Waals surface area contributed by atoms with E-state index in [1.54, 1.807) is 6.07 Å². The molecule has 0 radical (unpaired) electrons. The minimum atomic E-state index is -1.00. The van der Waals surface area contributed by atoms with Crippen LogP contribution in [0.15, 0.2) is 48.9 Å². The second-order valence-electron chi connectivity index (χ2n) is 6.41. The van der Waals surface area contributed by atoms with Crippen molar-refractivity contribution in [1.29, 1.82) is 0 Å². The fourth-order valence-corrected chi connectivity index (χ4v) is 3.99. The van der Waals surface area contributed by atoms with E-state index < -0.39 is 5.97 Å². The Morgan fingerprint density at radius 3 is 2.97 bits per heavy atom. The van der Waals surface area contributed by atoms with Crippen LogP contribution in [0.5, 0.6) is 5.75 Å². The van der Waals surface area contributed by atoms with Gasteiger partial charge in [-0.1, -0.05) is 12.1 Å². The molecular weight excluding hydrogens is 388 g/mol. The van der Waals surface area contributed by atoms with Gasteiger partial charge in [0.25, 0.3) is 0 Å². The fraction of sp³-hybridized carbons (Fsp3) is 0.190. The standard InChI is InChI=1S/C21H20N4O3S/c1-2-28-17-11-18(29-20(17)21(26)27)16-10-19(25-12-24-16)23-7-5-13-3-4-14-6-8-22-15(14)9-13/h3-4,6,8-12,22H,2,5,7H2,1H3,(H,26,27)(H,23,24,25). The molecule has 0 unspecified atom stereocenters. The molecule has 4 aromatic rings. The molecule has 3 aromatic heterocycles. The summed E-state index contributed by atoms with van der Waals surface area (Å²) in [6.07, 6.45) is 4.26. The number of nitrogens with zero attached hydrogens (tertiary/aromatic N) is 2. The average Bonchev–Trinajstić information content (AvgIpc) is 3.35.